The molecule has 0 aliphatic carbocycles. The number of ether oxygens (including phenoxy) is 5. The minimum atomic E-state index is -1.38. The molecule has 0 aromatic heterocycles. The van der Waals surface area contributed by atoms with E-state index in [1.165, 1.54) is 18.2 Å². The Kier molecular flexibility index (Phi) is 13.9. The maximum absolute atomic E-state index is 12.6. The van der Waals surface area contributed by atoms with Crippen LogP contribution in [0.1, 0.15) is 86.6 Å². The second kappa shape index (κ2) is 16.1. The van der Waals surface area contributed by atoms with Gasteiger partial charge in [0.05, 0.1) is 12.0 Å². The Labute approximate surface area is 236 Å². The fraction of sp³-hybridized carbons (Fsp3) is 0.655. The molecule has 11 nitrogen and oxygen atoms in total. The Morgan fingerprint density at radius 3 is 1.75 bits per heavy atom. The molecule has 1 aromatic rings. The van der Waals surface area contributed by atoms with Gasteiger partial charge in [0.25, 0.3) is 0 Å². The van der Waals surface area contributed by atoms with Gasteiger partial charge < -0.3 is 34.5 Å². The molecule has 11 heteroatoms. The second-order valence-electron chi connectivity index (χ2n) is 10.8. The van der Waals surface area contributed by atoms with Crippen LogP contribution >= 0.6 is 0 Å². The van der Waals surface area contributed by atoms with E-state index in [1.54, 1.807) is 27.7 Å². The maximum atomic E-state index is 12.6. The molecule has 0 spiro atoms. The summed E-state index contributed by atoms with van der Waals surface area (Å²) in [6, 6.07) is 2.82. The second-order valence-corrected chi connectivity index (χ2v) is 10.8. The molecule has 226 valence electrons. The molecule has 5 unspecified atom stereocenters. The number of aliphatic carboxylic acids is 1. The minimum absolute atomic E-state index is 0.0136. The quantitative estimate of drug-likeness (QED) is 0.162. The van der Waals surface area contributed by atoms with E-state index in [0.29, 0.717) is 12.0 Å². The van der Waals surface area contributed by atoms with Gasteiger partial charge in [0.15, 0.2) is 11.5 Å². The standard InChI is InChI=1S/C29H45NO10/c1-10-17(6)27(33)36-18(7)13-22(25(30)26(31)32)21-11-12-23(39-28(34)37-19(8)15(2)3)24(14-21)40-29(35)38-20(9)16(4)5/h11-12,14-20,22,25H,10,13,30H2,1-9H3,(H,31,32)/t17?,18?,19?,20?,22?,25-/m0/s1. The van der Waals surface area contributed by atoms with Crippen LogP contribution < -0.4 is 15.2 Å². The van der Waals surface area contributed by atoms with E-state index in [0.717, 1.165) is 0 Å². The molecule has 0 fully saturated rings. The predicted molar refractivity (Wildman–Crippen MR) is 147 cm³/mol. The average molecular weight is 568 g/mol. The molecule has 1 aromatic carbocycles. The summed E-state index contributed by atoms with van der Waals surface area (Å²) in [6.45, 7) is 16.1. The Bertz CT molecular complexity index is 1010. The molecule has 0 bridgehead atoms. The first kappa shape index (κ1) is 34.7. The number of benzene rings is 1. The van der Waals surface area contributed by atoms with E-state index in [-0.39, 0.29) is 35.7 Å². The van der Waals surface area contributed by atoms with Gasteiger partial charge in [-0.25, -0.2) is 9.59 Å². The lowest BCUT2D eigenvalue weighted by atomic mass is 9.87. The maximum Gasteiger partial charge on any atom is 0.514 e. The highest BCUT2D eigenvalue weighted by Crippen LogP contribution is 2.35. The van der Waals surface area contributed by atoms with Crippen LogP contribution in [0, 0.1) is 17.8 Å². The number of carboxylic acid groups (broad SMARTS) is 1. The highest BCUT2D eigenvalue weighted by Gasteiger charge is 2.31. The smallest absolute Gasteiger partial charge is 0.480 e. The normalized spacial score (nSPS) is 15.8. The van der Waals surface area contributed by atoms with Crippen LogP contribution in [-0.2, 0) is 23.8 Å². The highest BCUT2D eigenvalue weighted by molar-refractivity contribution is 5.75. The van der Waals surface area contributed by atoms with Crippen molar-refractivity contribution < 1.29 is 48.0 Å². The fourth-order valence-corrected chi connectivity index (χ4v) is 3.27. The molecule has 0 radical (unpaired) electrons. The number of hydrogen-bond donors (Lipinski definition) is 2. The van der Waals surface area contributed by atoms with Crippen molar-refractivity contribution in [3.05, 3.63) is 23.8 Å². The van der Waals surface area contributed by atoms with E-state index in [2.05, 4.69) is 0 Å². The number of esters is 1. The first-order chi connectivity index (χ1) is 18.6. The number of hydrogen-bond acceptors (Lipinski definition) is 10. The lowest BCUT2D eigenvalue weighted by molar-refractivity contribution is -0.153. The Morgan fingerprint density at radius 1 is 0.800 bits per heavy atom. The van der Waals surface area contributed by atoms with E-state index in [1.807, 2.05) is 34.6 Å². The molecule has 0 aliphatic rings. The topological polar surface area (TPSA) is 161 Å². The summed E-state index contributed by atoms with van der Waals surface area (Å²) in [4.78, 5) is 49.1. The van der Waals surface area contributed by atoms with Gasteiger partial charge in [0.2, 0.25) is 0 Å². The monoisotopic (exact) mass is 567 g/mol. The van der Waals surface area contributed by atoms with E-state index in [4.69, 9.17) is 29.4 Å². The summed E-state index contributed by atoms with van der Waals surface area (Å²) in [5.41, 5.74) is 6.39. The molecular weight excluding hydrogens is 522 g/mol. The summed E-state index contributed by atoms with van der Waals surface area (Å²) in [5.74, 6) is -3.13. The average Bonchev–Trinajstić information content (AvgIpc) is 2.86. The van der Waals surface area contributed by atoms with E-state index >= 15 is 0 Å². The summed E-state index contributed by atoms with van der Waals surface area (Å²) in [6.07, 6.45) is -2.96. The van der Waals surface area contributed by atoms with Gasteiger partial charge in [-0.15, -0.1) is 0 Å². The van der Waals surface area contributed by atoms with Crippen LogP contribution in [0.3, 0.4) is 0 Å². The van der Waals surface area contributed by atoms with Crippen LogP contribution in [0.15, 0.2) is 18.2 Å². The zero-order valence-corrected chi connectivity index (χ0v) is 25.0. The first-order valence-corrected chi connectivity index (χ1v) is 13.7. The minimum Gasteiger partial charge on any atom is -0.480 e. The SMILES string of the molecule is CCC(C)C(=O)OC(C)CC(c1ccc(OC(=O)OC(C)C(C)C)c(OC(=O)OC(C)C(C)C)c1)[C@H](N)C(=O)O. The molecule has 0 amide bonds. The van der Waals surface area contributed by atoms with Crippen LogP contribution in [0.25, 0.3) is 0 Å². The molecular formula is C29H45NO10. The Hall–Kier alpha value is -3.34. The van der Waals surface area contributed by atoms with Crippen LogP contribution in [0.4, 0.5) is 9.59 Å². The van der Waals surface area contributed by atoms with Gasteiger partial charge in [-0.3, -0.25) is 9.59 Å². The van der Waals surface area contributed by atoms with Crippen molar-refractivity contribution in [2.75, 3.05) is 0 Å². The van der Waals surface area contributed by atoms with Gasteiger partial charge >= 0.3 is 24.2 Å². The van der Waals surface area contributed by atoms with Crippen LogP contribution in [0.5, 0.6) is 11.5 Å². The fourth-order valence-electron chi connectivity index (χ4n) is 3.27. The van der Waals surface area contributed by atoms with Gasteiger partial charge in [-0.1, -0.05) is 47.6 Å². The number of carbonyl (C=O) groups is 4. The zero-order chi connectivity index (χ0) is 30.7. The number of carboxylic acids is 1. The van der Waals surface area contributed by atoms with Crippen molar-refractivity contribution in [3.63, 3.8) is 0 Å². The first-order valence-electron chi connectivity index (χ1n) is 13.7. The summed E-state index contributed by atoms with van der Waals surface area (Å²) < 4.78 is 26.8. The van der Waals surface area contributed by atoms with E-state index in [9.17, 15) is 24.3 Å². The Morgan fingerprint density at radius 2 is 1.30 bits per heavy atom. The van der Waals surface area contributed by atoms with Crippen molar-refractivity contribution in [2.24, 2.45) is 23.5 Å². The van der Waals surface area contributed by atoms with Crippen molar-refractivity contribution in [3.8, 4) is 11.5 Å². The third kappa shape index (κ3) is 11.0. The molecule has 6 atom stereocenters. The lowest BCUT2D eigenvalue weighted by Crippen LogP contribution is -2.38. The van der Waals surface area contributed by atoms with Crippen LogP contribution in [-0.4, -0.2) is 53.7 Å². The third-order valence-corrected chi connectivity index (χ3v) is 6.86. The molecule has 0 saturated heterocycles. The van der Waals surface area contributed by atoms with Gasteiger partial charge in [0.1, 0.15) is 18.2 Å². The van der Waals surface area contributed by atoms with Crippen molar-refractivity contribution in [1.29, 1.82) is 0 Å². The zero-order valence-electron chi connectivity index (χ0n) is 25.0. The molecule has 40 heavy (non-hydrogen) atoms. The third-order valence-electron chi connectivity index (χ3n) is 6.86. The number of carbonyl (C=O) groups excluding carboxylic acids is 3. The van der Waals surface area contributed by atoms with Gasteiger partial charge in [0, 0.05) is 5.92 Å². The van der Waals surface area contributed by atoms with Gasteiger partial charge in [-0.05, 0) is 63.1 Å². The summed E-state index contributed by atoms with van der Waals surface area (Å²) in [5, 5.41) is 9.68. The van der Waals surface area contributed by atoms with Crippen molar-refractivity contribution in [1.82, 2.24) is 0 Å². The molecule has 1 rings (SSSR count). The number of rotatable bonds is 14. The predicted octanol–water partition coefficient (Wildman–Crippen LogP) is 5.67. The van der Waals surface area contributed by atoms with Gasteiger partial charge in [-0.2, -0.15) is 0 Å². The van der Waals surface area contributed by atoms with Crippen molar-refractivity contribution >= 4 is 24.2 Å². The lowest BCUT2D eigenvalue weighted by Gasteiger charge is -2.26. The molecule has 0 saturated carbocycles. The summed E-state index contributed by atoms with van der Waals surface area (Å²) >= 11 is 0. The summed E-state index contributed by atoms with van der Waals surface area (Å²) in [7, 11) is 0. The molecule has 0 heterocycles. The van der Waals surface area contributed by atoms with Crippen LogP contribution in [0.2, 0.25) is 0 Å². The highest BCUT2D eigenvalue weighted by atomic mass is 16.7. The molecule has 0 aliphatic heterocycles. The van der Waals surface area contributed by atoms with Crippen molar-refractivity contribution in [2.45, 2.75) is 105 Å². The van der Waals surface area contributed by atoms with E-state index < -0.39 is 54.5 Å². The number of nitrogens with two attached hydrogens (primary N) is 1. The molecule has 3 N–H and O–H groups in total. The largest absolute Gasteiger partial charge is 0.514 e. The Balaban J connectivity index is 3.39.